The topological polar surface area (TPSA) is 76.4 Å². The molecule has 2 saturated carbocycles. The van der Waals surface area contributed by atoms with E-state index >= 15 is 0 Å². The van der Waals surface area contributed by atoms with E-state index in [4.69, 9.17) is 9.47 Å². The molecule has 3 fully saturated rings. The number of fused-ring (bicyclic) bond motifs is 1. The molecule has 1 heterocycles. The summed E-state index contributed by atoms with van der Waals surface area (Å²) in [5.74, 6) is -0.978. The Bertz CT molecular complexity index is 466. The average molecular weight is 233 g/mol. The number of rotatable bonds is 2. The van der Waals surface area contributed by atoms with E-state index in [0.29, 0.717) is 12.8 Å². The summed E-state index contributed by atoms with van der Waals surface area (Å²) in [4.78, 5) is 22.8. The molecule has 0 spiro atoms. The second kappa shape index (κ2) is 3.10. The van der Waals surface area contributed by atoms with Gasteiger partial charge in [0, 0.05) is 12.0 Å². The Morgan fingerprint density at radius 2 is 2.41 bits per heavy atom. The van der Waals surface area contributed by atoms with Crippen LogP contribution in [0.4, 0.5) is 0 Å². The summed E-state index contributed by atoms with van der Waals surface area (Å²) in [7, 11) is 0. The van der Waals surface area contributed by atoms with E-state index in [9.17, 15) is 14.9 Å². The number of carbonyl (C=O) groups excluding carboxylic acids is 2. The van der Waals surface area contributed by atoms with Gasteiger partial charge in [0.05, 0.1) is 17.4 Å². The number of hydrogen-bond acceptors (Lipinski definition) is 5. The highest BCUT2D eigenvalue weighted by Crippen LogP contribution is 2.62. The summed E-state index contributed by atoms with van der Waals surface area (Å²) < 4.78 is 10.4. The van der Waals surface area contributed by atoms with Gasteiger partial charge in [-0.3, -0.25) is 4.79 Å². The van der Waals surface area contributed by atoms with Gasteiger partial charge in [0.25, 0.3) is 0 Å². The van der Waals surface area contributed by atoms with Crippen LogP contribution in [0.25, 0.3) is 0 Å². The lowest BCUT2D eigenvalue weighted by Crippen LogP contribution is -2.41. The highest BCUT2D eigenvalue weighted by Gasteiger charge is 2.71. The van der Waals surface area contributed by atoms with Crippen LogP contribution in [0.3, 0.4) is 0 Å². The van der Waals surface area contributed by atoms with E-state index in [1.165, 1.54) is 0 Å². The van der Waals surface area contributed by atoms with Crippen molar-refractivity contribution in [2.24, 2.45) is 17.3 Å². The summed E-state index contributed by atoms with van der Waals surface area (Å²) >= 11 is 0. The second-order valence-corrected chi connectivity index (χ2v) is 4.91. The van der Waals surface area contributed by atoms with Crippen LogP contribution in [0.1, 0.15) is 12.8 Å². The van der Waals surface area contributed by atoms with Crippen molar-refractivity contribution in [3.05, 3.63) is 12.7 Å². The van der Waals surface area contributed by atoms with Gasteiger partial charge >= 0.3 is 11.9 Å². The predicted octanol–water partition coefficient (Wildman–Crippen LogP) is 0.559. The first-order chi connectivity index (χ1) is 8.11. The molecule has 0 N–H and O–H groups in total. The normalized spacial score (nSPS) is 45.2. The Morgan fingerprint density at radius 1 is 1.65 bits per heavy atom. The van der Waals surface area contributed by atoms with Crippen molar-refractivity contribution in [3.8, 4) is 6.07 Å². The van der Waals surface area contributed by atoms with Gasteiger partial charge in [0.1, 0.15) is 6.10 Å². The van der Waals surface area contributed by atoms with Crippen LogP contribution in [0.2, 0.25) is 0 Å². The van der Waals surface area contributed by atoms with E-state index in [1.807, 2.05) is 0 Å². The molecule has 5 atom stereocenters. The van der Waals surface area contributed by atoms with Gasteiger partial charge in [-0.15, -0.1) is 0 Å². The lowest BCUT2D eigenvalue weighted by Gasteiger charge is -2.29. The molecule has 5 heteroatoms. The van der Waals surface area contributed by atoms with E-state index in [0.717, 1.165) is 6.08 Å². The smallest absolute Gasteiger partial charge is 0.330 e. The van der Waals surface area contributed by atoms with E-state index in [2.05, 4.69) is 12.6 Å². The monoisotopic (exact) mass is 233 g/mol. The number of nitriles is 1. The molecule has 4 unspecified atom stereocenters. The van der Waals surface area contributed by atoms with Gasteiger partial charge in [-0.1, -0.05) is 6.58 Å². The third-order valence-corrected chi connectivity index (χ3v) is 4.15. The Hall–Kier alpha value is -1.83. The predicted molar refractivity (Wildman–Crippen MR) is 54.2 cm³/mol. The zero-order valence-electron chi connectivity index (χ0n) is 9.09. The minimum Gasteiger partial charge on any atom is -0.458 e. The molecular formula is C12H11NO4. The summed E-state index contributed by atoms with van der Waals surface area (Å²) in [6, 6.07) is 2.23. The van der Waals surface area contributed by atoms with Crippen LogP contribution in [0.15, 0.2) is 12.7 Å². The highest BCUT2D eigenvalue weighted by molar-refractivity contribution is 5.82. The highest BCUT2D eigenvalue weighted by atomic mass is 16.6. The molecule has 3 aliphatic rings. The number of esters is 2. The summed E-state index contributed by atoms with van der Waals surface area (Å²) in [5, 5.41) is 9.31. The molecule has 3 rings (SSSR count). The Morgan fingerprint density at radius 3 is 3.06 bits per heavy atom. The number of hydrogen-bond donors (Lipinski definition) is 0. The summed E-state index contributed by atoms with van der Waals surface area (Å²) in [5.41, 5.74) is -0.745. The van der Waals surface area contributed by atoms with Gasteiger partial charge in [0.2, 0.25) is 0 Å². The fraction of sp³-hybridized carbons (Fsp3) is 0.583. The standard InChI is InChI=1S/C12H11NO4/c1-2-8(14)16-10-9-6-3-12(10,5-13)4-7(6)11(15)17-9/h2,6-7,9-10H,1,3-4H2/t6?,7?,9?,10?,12-/m1/s1. The van der Waals surface area contributed by atoms with Crippen molar-refractivity contribution in [1.82, 2.24) is 0 Å². The quantitative estimate of drug-likeness (QED) is 0.514. The van der Waals surface area contributed by atoms with Gasteiger partial charge in [-0.2, -0.15) is 5.26 Å². The van der Waals surface area contributed by atoms with Gasteiger partial charge < -0.3 is 9.47 Å². The molecular weight excluding hydrogens is 222 g/mol. The van der Waals surface area contributed by atoms with Crippen LogP contribution in [-0.2, 0) is 19.1 Å². The molecule has 2 aliphatic carbocycles. The van der Waals surface area contributed by atoms with Crippen molar-refractivity contribution in [2.45, 2.75) is 25.0 Å². The zero-order chi connectivity index (χ0) is 12.2. The first kappa shape index (κ1) is 10.3. The molecule has 1 aliphatic heterocycles. The maximum atomic E-state index is 11.6. The fourth-order valence-electron chi connectivity index (χ4n) is 3.44. The van der Waals surface area contributed by atoms with Gasteiger partial charge in [-0.05, 0) is 12.8 Å². The van der Waals surface area contributed by atoms with Crippen LogP contribution in [0, 0.1) is 28.6 Å². The molecule has 0 aromatic carbocycles. The summed E-state index contributed by atoms with van der Waals surface area (Å²) in [6.45, 7) is 3.32. The minimum absolute atomic E-state index is 0.0322. The average Bonchev–Trinajstić information content (AvgIpc) is 2.90. The third-order valence-electron chi connectivity index (χ3n) is 4.15. The van der Waals surface area contributed by atoms with Crippen LogP contribution in [-0.4, -0.2) is 24.1 Å². The number of carbonyl (C=O) groups is 2. The molecule has 0 amide bonds. The van der Waals surface area contributed by atoms with Crippen LogP contribution in [0.5, 0.6) is 0 Å². The van der Waals surface area contributed by atoms with Gasteiger partial charge in [0.15, 0.2) is 6.10 Å². The van der Waals surface area contributed by atoms with E-state index in [1.54, 1.807) is 0 Å². The SMILES string of the molecule is C=CC(=O)OC1C2OC(=O)C3C[C@@]1(C#N)CC32. The Labute approximate surface area is 98.0 Å². The maximum absolute atomic E-state index is 11.6. The lowest BCUT2D eigenvalue weighted by molar-refractivity contribution is -0.159. The molecule has 1 saturated heterocycles. The number of ether oxygens (including phenoxy) is 2. The first-order valence-electron chi connectivity index (χ1n) is 5.56. The molecule has 2 bridgehead atoms. The number of nitrogens with zero attached hydrogens (tertiary/aromatic N) is 1. The van der Waals surface area contributed by atoms with Crippen molar-refractivity contribution >= 4 is 11.9 Å². The first-order valence-corrected chi connectivity index (χ1v) is 5.56. The zero-order valence-corrected chi connectivity index (χ0v) is 9.09. The van der Waals surface area contributed by atoms with E-state index < -0.39 is 23.6 Å². The molecule has 0 aromatic heterocycles. The summed E-state index contributed by atoms with van der Waals surface area (Å²) in [6.07, 6.45) is 1.01. The van der Waals surface area contributed by atoms with Gasteiger partial charge in [-0.25, -0.2) is 4.79 Å². The Kier molecular flexibility index (Phi) is 1.88. The van der Waals surface area contributed by atoms with E-state index in [-0.39, 0.29) is 17.8 Å². The molecule has 5 nitrogen and oxygen atoms in total. The molecule has 88 valence electrons. The Balaban J connectivity index is 1.94. The van der Waals surface area contributed by atoms with Crippen LogP contribution < -0.4 is 0 Å². The minimum atomic E-state index is -0.745. The van der Waals surface area contributed by atoms with Crippen LogP contribution >= 0.6 is 0 Å². The second-order valence-electron chi connectivity index (χ2n) is 4.91. The lowest BCUT2D eigenvalue weighted by atomic mass is 9.79. The van der Waals surface area contributed by atoms with Crippen molar-refractivity contribution in [1.29, 1.82) is 5.26 Å². The maximum Gasteiger partial charge on any atom is 0.330 e. The van der Waals surface area contributed by atoms with Crippen molar-refractivity contribution < 1.29 is 19.1 Å². The van der Waals surface area contributed by atoms with Crippen molar-refractivity contribution in [2.75, 3.05) is 0 Å². The molecule has 0 radical (unpaired) electrons. The third kappa shape index (κ3) is 1.13. The molecule has 0 aromatic rings. The largest absolute Gasteiger partial charge is 0.458 e. The van der Waals surface area contributed by atoms with Crippen molar-refractivity contribution in [3.63, 3.8) is 0 Å². The molecule has 17 heavy (non-hydrogen) atoms. The fourth-order valence-corrected chi connectivity index (χ4v) is 3.44.